The lowest BCUT2D eigenvalue weighted by atomic mass is 10.1. The molecule has 0 heterocycles. The number of aliphatic hydroxyl groups is 1. The van der Waals surface area contributed by atoms with E-state index in [0.29, 0.717) is 17.9 Å². The van der Waals surface area contributed by atoms with Crippen LogP contribution < -0.4 is 0 Å². The molecular weight excluding hydrogens is 186 g/mol. The Kier molecular flexibility index (Phi) is 3.75. The highest BCUT2D eigenvalue weighted by atomic mass is 35.5. The van der Waals surface area contributed by atoms with Crippen molar-refractivity contribution in [3.63, 3.8) is 0 Å². The number of benzene rings is 1. The first-order chi connectivity index (χ1) is 6.27. The van der Waals surface area contributed by atoms with Crippen molar-refractivity contribution in [1.29, 1.82) is 5.26 Å². The van der Waals surface area contributed by atoms with Gasteiger partial charge < -0.3 is 5.11 Å². The molecule has 0 atom stereocenters. The van der Waals surface area contributed by atoms with Gasteiger partial charge in [0.05, 0.1) is 12.7 Å². The van der Waals surface area contributed by atoms with E-state index < -0.39 is 0 Å². The van der Waals surface area contributed by atoms with Crippen LogP contribution in [-0.4, -0.2) is 5.11 Å². The Labute approximate surface area is 82.4 Å². The van der Waals surface area contributed by atoms with Gasteiger partial charge in [-0.25, -0.2) is 0 Å². The summed E-state index contributed by atoms with van der Waals surface area (Å²) in [6, 6.07) is 7.53. The van der Waals surface area contributed by atoms with Crippen molar-refractivity contribution in [2.24, 2.45) is 0 Å². The third kappa shape index (κ3) is 2.73. The van der Waals surface area contributed by atoms with Gasteiger partial charge in [0.2, 0.25) is 0 Å². The van der Waals surface area contributed by atoms with Crippen molar-refractivity contribution in [2.75, 3.05) is 0 Å². The molecule has 0 saturated carbocycles. The summed E-state index contributed by atoms with van der Waals surface area (Å²) in [7, 11) is 0. The van der Waals surface area contributed by atoms with Crippen molar-refractivity contribution >= 4 is 11.6 Å². The molecule has 0 fully saturated rings. The second-order valence-electron chi connectivity index (χ2n) is 2.74. The summed E-state index contributed by atoms with van der Waals surface area (Å²) in [5.74, 6) is 0. The molecule has 0 unspecified atom stereocenters. The van der Waals surface area contributed by atoms with E-state index in [0.717, 1.165) is 11.1 Å². The Hall–Kier alpha value is -1.04. The molecule has 0 spiro atoms. The van der Waals surface area contributed by atoms with Crippen LogP contribution in [0.15, 0.2) is 18.2 Å². The van der Waals surface area contributed by atoms with E-state index in [4.69, 9.17) is 22.0 Å². The van der Waals surface area contributed by atoms with Crippen molar-refractivity contribution < 1.29 is 5.11 Å². The molecule has 0 saturated heterocycles. The van der Waals surface area contributed by atoms with E-state index in [-0.39, 0.29) is 6.61 Å². The zero-order chi connectivity index (χ0) is 9.68. The number of halogens is 1. The predicted octanol–water partition coefficient (Wildman–Crippen LogP) is 2.29. The van der Waals surface area contributed by atoms with Gasteiger partial charge in [-0.3, -0.25) is 0 Å². The van der Waals surface area contributed by atoms with Gasteiger partial charge in [-0.15, -0.1) is 0 Å². The van der Waals surface area contributed by atoms with Gasteiger partial charge in [0.25, 0.3) is 0 Å². The Balaban J connectivity index is 2.81. The van der Waals surface area contributed by atoms with E-state index in [1.54, 1.807) is 6.07 Å². The molecular formula is C10H10ClNO. The standard InChI is InChI=1S/C10H10ClNO/c11-10-4-3-8(2-1-5-12)6-9(10)7-13/h3-4,6,13H,1-2,7H2. The van der Waals surface area contributed by atoms with Gasteiger partial charge in [0.15, 0.2) is 0 Å². The van der Waals surface area contributed by atoms with Gasteiger partial charge in [-0.05, 0) is 23.6 Å². The summed E-state index contributed by atoms with van der Waals surface area (Å²) in [6.07, 6.45) is 1.20. The van der Waals surface area contributed by atoms with Crippen LogP contribution in [0.5, 0.6) is 0 Å². The van der Waals surface area contributed by atoms with Crippen LogP contribution in [0, 0.1) is 11.3 Å². The molecule has 0 aliphatic carbocycles. The monoisotopic (exact) mass is 195 g/mol. The van der Waals surface area contributed by atoms with Crippen molar-refractivity contribution in [2.45, 2.75) is 19.4 Å². The fourth-order valence-electron chi connectivity index (χ4n) is 1.10. The number of nitrogens with zero attached hydrogens (tertiary/aromatic N) is 1. The van der Waals surface area contributed by atoms with E-state index >= 15 is 0 Å². The highest BCUT2D eigenvalue weighted by Crippen LogP contribution is 2.18. The molecule has 0 aromatic heterocycles. The normalized spacial score (nSPS) is 9.62. The quantitative estimate of drug-likeness (QED) is 0.804. The maximum Gasteiger partial charge on any atom is 0.0696 e. The Bertz CT molecular complexity index is 330. The third-order valence-electron chi connectivity index (χ3n) is 1.81. The molecule has 1 N–H and O–H groups in total. The van der Waals surface area contributed by atoms with Gasteiger partial charge in [-0.2, -0.15) is 5.26 Å². The lowest BCUT2D eigenvalue weighted by Gasteiger charge is -2.03. The average molecular weight is 196 g/mol. The fraction of sp³-hybridized carbons (Fsp3) is 0.300. The fourth-order valence-corrected chi connectivity index (χ4v) is 1.28. The summed E-state index contributed by atoms with van der Waals surface area (Å²) in [4.78, 5) is 0. The summed E-state index contributed by atoms with van der Waals surface area (Å²) in [5, 5.41) is 17.9. The number of aliphatic hydroxyl groups excluding tert-OH is 1. The Morgan fingerprint density at radius 1 is 1.46 bits per heavy atom. The first kappa shape index (κ1) is 10.0. The number of rotatable bonds is 3. The van der Waals surface area contributed by atoms with Crippen LogP contribution >= 0.6 is 11.6 Å². The van der Waals surface area contributed by atoms with Crippen LogP contribution in [0.3, 0.4) is 0 Å². The van der Waals surface area contributed by atoms with E-state index in [1.807, 2.05) is 12.1 Å². The molecule has 0 radical (unpaired) electrons. The molecule has 68 valence electrons. The van der Waals surface area contributed by atoms with Crippen LogP contribution in [0.25, 0.3) is 0 Å². The number of hydrogen-bond acceptors (Lipinski definition) is 2. The largest absolute Gasteiger partial charge is 0.392 e. The van der Waals surface area contributed by atoms with Gasteiger partial charge in [0.1, 0.15) is 0 Å². The number of hydrogen-bond donors (Lipinski definition) is 1. The molecule has 1 aromatic rings. The van der Waals surface area contributed by atoms with Crippen molar-refractivity contribution in [3.05, 3.63) is 34.3 Å². The van der Waals surface area contributed by atoms with Crippen LogP contribution in [0.4, 0.5) is 0 Å². The second-order valence-corrected chi connectivity index (χ2v) is 3.15. The molecule has 0 aliphatic rings. The molecule has 2 nitrogen and oxygen atoms in total. The summed E-state index contributed by atoms with van der Waals surface area (Å²) in [5.41, 5.74) is 1.76. The van der Waals surface area contributed by atoms with Crippen LogP contribution in [0.2, 0.25) is 5.02 Å². The minimum Gasteiger partial charge on any atom is -0.392 e. The van der Waals surface area contributed by atoms with E-state index in [9.17, 15) is 0 Å². The smallest absolute Gasteiger partial charge is 0.0696 e. The lowest BCUT2D eigenvalue weighted by molar-refractivity contribution is 0.282. The highest BCUT2D eigenvalue weighted by Gasteiger charge is 2.00. The third-order valence-corrected chi connectivity index (χ3v) is 2.17. The molecule has 1 rings (SSSR count). The second kappa shape index (κ2) is 4.86. The molecule has 3 heteroatoms. The first-order valence-electron chi connectivity index (χ1n) is 4.03. The van der Waals surface area contributed by atoms with Gasteiger partial charge >= 0.3 is 0 Å². The van der Waals surface area contributed by atoms with Crippen molar-refractivity contribution in [1.82, 2.24) is 0 Å². The summed E-state index contributed by atoms with van der Waals surface area (Å²) in [6.45, 7) is -0.0563. The molecule has 13 heavy (non-hydrogen) atoms. The zero-order valence-corrected chi connectivity index (χ0v) is 7.88. The van der Waals surface area contributed by atoms with E-state index in [1.165, 1.54) is 0 Å². The van der Waals surface area contributed by atoms with Gasteiger partial charge in [-0.1, -0.05) is 23.7 Å². The van der Waals surface area contributed by atoms with E-state index in [2.05, 4.69) is 6.07 Å². The number of nitriles is 1. The molecule has 0 bridgehead atoms. The van der Waals surface area contributed by atoms with Gasteiger partial charge in [0, 0.05) is 11.4 Å². The Morgan fingerprint density at radius 3 is 2.85 bits per heavy atom. The summed E-state index contributed by atoms with van der Waals surface area (Å²) >= 11 is 5.81. The topological polar surface area (TPSA) is 44.0 Å². The van der Waals surface area contributed by atoms with Crippen LogP contribution in [-0.2, 0) is 13.0 Å². The lowest BCUT2D eigenvalue weighted by Crippen LogP contribution is -1.89. The number of aryl methyl sites for hydroxylation is 1. The minimum absolute atomic E-state index is 0.0563. The summed E-state index contributed by atoms with van der Waals surface area (Å²) < 4.78 is 0. The minimum atomic E-state index is -0.0563. The SMILES string of the molecule is N#CCCc1ccc(Cl)c(CO)c1. The first-order valence-corrected chi connectivity index (χ1v) is 4.41. The average Bonchev–Trinajstić information content (AvgIpc) is 2.16. The maximum atomic E-state index is 8.92. The highest BCUT2D eigenvalue weighted by molar-refractivity contribution is 6.31. The Morgan fingerprint density at radius 2 is 2.23 bits per heavy atom. The molecule has 1 aromatic carbocycles. The molecule has 0 aliphatic heterocycles. The molecule has 0 amide bonds. The van der Waals surface area contributed by atoms with Crippen LogP contribution in [0.1, 0.15) is 17.5 Å². The maximum absolute atomic E-state index is 8.92. The predicted molar refractivity (Wildman–Crippen MR) is 51.3 cm³/mol. The zero-order valence-electron chi connectivity index (χ0n) is 7.13. The van der Waals surface area contributed by atoms with Crippen molar-refractivity contribution in [3.8, 4) is 6.07 Å².